The van der Waals surface area contributed by atoms with Crippen molar-refractivity contribution in [3.8, 4) is 0 Å². The van der Waals surface area contributed by atoms with Gasteiger partial charge in [-0.3, -0.25) is 4.79 Å². The van der Waals surface area contributed by atoms with Gasteiger partial charge in [-0.1, -0.05) is 27.7 Å². The minimum atomic E-state index is -0.0568. The molecule has 1 aliphatic rings. The molecule has 0 aliphatic heterocycles. The summed E-state index contributed by atoms with van der Waals surface area (Å²) < 4.78 is 0. The number of hydrogen-bond acceptors (Lipinski definition) is 2. The van der Waals surface area contributed by atoms with E-state index >= 15 is 0 Å². The summed E-state index contributed by atoms with van der Waals surface area (Å²) >= 11 is 0. The van der Waals surface area contributed by atoms with E-state index in [0.29, 0.717) is 0 Å². The van der Waals surface area contributed by atoms with E-state index < -0.39 is 0 Å². The van der Waals surface area contributed by atoms with Gasteiger partial charge in [-0.05, 0) is 10.8 Å². The average molecular weight is 170 g/mol. The molecule has 3 N–H and O–H groups in total. The molecule has 70 valence electrons. The van der Waals surface area contributed by atoms with Crippen LogP contribution in [-0.2, 0) is 4.79 Å². The molecule has 0 saturated heterocycles. The lowest BCUT2D eigenvalue weighted by Crippen LogP contribution is -2.34. The molecule has 0 unspecified atom stereocenters. The van der Waals surface area contributed by atoms with Gasteiger partial charge in [0.05, 0.1) is 6.54 Å². The van der Waals surface area contributed by atoms with Gasteiger partial charge in [0.15, 0.2) is 0 Å². The summed E-state index contributed by atoms with van der Waals surface area (Å²) in [7, 11) is 0. The first-order valence-electron chi connectivity index (χ1n) is 4.33. The highest BCUT2D eigenvalue weighted by Gasteiger charge is 2.65. The highest BCUT2D eigenvalue weighted by atomic mass is 16.1. The fourth-order valence-electron chi connectivity index (χ4n) is 1.78. The Labute approximate surface area is 73.7 Å². The second kappa shape index (κ2) is 2.46. The summed E-state index contributed by atoms with van der Waals surface area (Å²) in [5.74, 6) is -0.0568. The third kappa shape index (κ3) is 1.12. The van der Waals surface area contributed by atoms with Crippen LogP contribution < -0.4 is 11.1 Å². The first-order valence-corrected chi connectivity index (χ1v) is 4.33. The SMILES string of the molecule is CC1(C)C(NC(=O)CN)C1(C)C. The molecule has 3 heteroatoms. The number of hydrogen-bond donors (Lipinski definition) is 2. The van der Waals surface area contributed by atoms with Gasteiger partial charge in [0.2, 0.25) is 5.91 Å². The lowest BCUT2D eigenvalue weighted by molar-refractivity contribution is -0.120. The second-order valence-electron chi connectivity index (χ2n) is 4.65. The third-order valence-electron chi connectivity index (χ3n) is 3.51. The van der Waals surface area contributed by atoms with Gasteiger partial charge in [-0.25, -0.2) is 0 Å². The molecule has 0 heterocycles. The van der Waals surface area contributed by atoms with E-state index in [1.807, 2.05) is 0 Å². The molecule has 0 radical (unpaired) electrons. The molecule has 0 bridgehead atoms. The van der Waals surface area contributed by atoms with Crippen LogP contribution in [0.2, 0.25) is 0 Å². The molecule has 0 atom stereocenters. The van der Waals surface area contributed by atoms with Gasteiger partial charge in [0, 0.05) is 6.04 Å². The van der Waals surface area contributed by atoms with Crippen molar-refractivity contribution in [1.29, 1.82) is 0 Å². The lowest BCUT2D eigenvalue weighted by atomic mass is 10.0. The number of rotatable bonds is 2. The Kier molecular flexibility index (Phi) is 1.95. The molecule has 0 aromatic heterocycles. The molecule has 1 amide bonds. The molecule has 1 rings (SSSR count). The standard InChI is InChI=1S/C9H18N2O/c1-8(2)7(9(8,3)4)11-6(12)5-10/h7H,5,10H2,1-4H3,(H,11,12). The highest BCUT2D eigenvalue weighted by Crippen LogP contribution is 2.62. The van der Waals surface area contributed by atoms with Gasteiger partial charge >= 0.3 is 0 Å². The zero-order valence-corrected chi connectivity index (χ0v) is 8.27. The molecule has 3 nitrogen and oxygen atoms in total. The van der Waals surface area contributed by atoms with Crippen LogP contribution in [0.25, 0.3) is 0 Å². The molecular weight excluding hydrogens is 152 g/mol. The first kappa shape index (κ1) is 9.52. The predicted molar refractivity (Wildman–Crippen MR) is 48.5 cm³/mol. The Hall–Kier alpha value is -0.570. The predicted octanol–water partition coefficient (Wildman–Crippen LogP) is 0.496. The second-order valence-corrected chi connectivity index (χ2v) is 4.65. The van der Waals surface area contributed by atoms with Crippen LogP contribution in [0.4, 0.5) is 0 Å². The molecule has 0 aromatic rings. The van der Waals surface area contributed by atoms with Gasteiger partial charge in [0.25, 0.3) is 0 Å². The van der Waals surface area contributed by atoms with E-state index in [0.717, 1.165) is 0 Å². The maximum absolute atomic E-state index is 11.0. The number of amides is 1. The van der Waals surface area contributed by atoms with Crippen LogP contribution in [0.3, 0.4) is 0 Å². The number of carbonyl (C=O) groups is 1. The van der Waals surface area contributed by atoms with E-state index in [9.17, 15) is 4.79 Å². The summed E-state index contributed by atoms with van der Waals surface area (Å²) in [6.45, 7) is 8.73. The number of carbonyl (C=O) groups excluding carboxylic acids is 1. The first-order chi connectivity index (χ1) is 5.34. The molecule has 12 heavy (non-hydrogen) atoms. The van der Waals surface area contributed by atoms with E-state index in [4.69, 9.17) is 5.73 Å². The molecule has 1 fully saturated rings. The average Bonchev–Trinajstić information content (AvgIpc) is 2.32. The van der Waals surface area contributed by atoms with E-state index in [2.05, 4.69) is 33.0 Å². The zero-order valence-electron chi connectivity index (χ0n) is 8.27. The van der Waals surface area contributed by atoms with Crippen LogP contribution >= 0.6 is 0 Å². The zero-order chi connectivity index (χ0) is 9.57. The van der Waals surface area contributed by atoms with Gasteiger partial charge in [0.1, 0.15) is 0 Å². The minimum absolute atomic E-state index is 0.0568. The minimum Gasteiger partial charge on any atom is -0.351 e. The van der Waals surface area contributed by atoms with Crippen molar-refractivity contribution in [3.05, 3.63) is 0 Å². The summed E-state index contributed by atoms with van der Waals surface area (Å²) in [6, 6.07) is 0.279. The normalized spacial score (nSPS) is 25.1. The van der Waals surface area contributed by atoms with Crippen molar-refractivity contribution in [3.63, 3.8) is 0 Å². The Balaban J connectivity index is 2.54. The summed E-state index contributed by atoms with van der Waals surface area (Å²) in [4.78, 5) is 11.0. The largest absolute Gasteiger partial charge is 0.351 e. The van der Waals surface area contributed by atoms with Crippen molar-refractivity contribution in [2.24, 2.45) is 16.6 Å². The van der Waals surface area contributed by atoms with Crippen LogP contribution in [0.1, 0.15) is 27.7 Å². The monoisotopic (exact) mass is 170 g/mol. The summed E-state index contributed by atoms with van der Waals surface area (Å²) in [6.07, 6.45) is 0. The molecule has 1 aliphatic carbocycles. The van der Waals surface area contributed by atoms with E-state index in [1.54, 1.807) is 0 Å². The van der Waals surface area contributed by atoms with Crippen LogP contribution in [0.15, 0.2) is 0 Å². The Morgan fingerprint density at radius 3 is 2.00 bits per heavy atom. The lowest BCUT2D eigenvalue weighted by Gasteiger charge is -2.03. The Morgan fingerprint density at radius 2 is 1.75 bits per heavy atom. The number of nitrogens with two attached hydrogens (primary N) is 1. The van der Waals surface area contributed by atoms with Gasteiger partial charge in [-0.15, -0.1) is 0 Å². The van der Waals surface area contributed by atoms with E-state index in [-0.39, 0.29) is 29.3 Å². The van der Waals surface area contributed by atoms with Crippen molar-refractivity contribution >= 4 is 5.91 Å². The van der Waals surface area contributed by atoms with Crippen molar-refractivity contribution in [2.45, 2.75) is 33.7 Å². The Bertz CT molecular complexity index is 195. The van der Waals surface area contributed by atoms with Crippen LogP contribution in [-0.4, -0.2) is 18.5 Å². The van der Waals surface area contributed by atoms with Crippen molar-refractivity contribution < 1.29 is 4.79 Å². The number of nitrogens with one attached hydrogen (secondary N) is 1. The maximum Gasteiger partial charge on any atom is 0.233 e. The molecule has 0 aromatic carbocycles. The van der Waals surface area contributed by atoms with Gasteiger partial charge in [-0.2, -0.15) is 0 Å². The fourth-order valence-corrected chi connectivity index (χ4v) is 1.78. The smallest absolute Gasteiger partial charge is 0.233 e. The van der Waals surface area contributed by atoms with Crippen molar-refractivity contribution in [1.82, 2.24) is 5.32 Å². The molecule has 1 saturated carbocycles. The summed E-state index contributed by atoms with van der Waals surface area (Å²) in [5.41, 5.74) is 5.63. The molecule has 0 spiro atoms. The molecular formula is C9H18N2O. The summed E-state index contributed by atoms with van der Waals surface area (Å²) in [5, 5.41) is 2.92. The van der Waals surface area contributed by atoms with Crippen LogP contribution in [0, 0.1) is 10.8 Å². The fraction of sp³-hybridized carbons (Fsp3) is 0.889. The third-order valence-corrected chi connectivity index (χ3v) is 3.51. The van der Waals surface area contributed by atoms with E-state index in [1.165, 1.54) is 0 Å². The van der Waals surface area contributed by atoms with Crippen molar-refractivity contribution in [2.75, 3.05) is 6.54 Å². The maximum atomic E-state index is 11.0. The van der Waals surface area contributed by atoms with Crippen LogP contribution in [0.5, 0.6) is 0 Å². The highest BCUT2D eigenvalue weighted by molar-refractivity contribution is 5.78. The quantitative estimate of drug-likeness (QED) is 0.634. The van der Waals surface area contributed by atoms with Gasteiger partial charge < -0.3 is 11.1 Å². The topological polar surface area (TPSA) is 55.1 Å². The Morgan fingerprint density at radius 1 is 1.33 bits per heavy atom.